The number of hydrogen-bond acceptors (Lipinski definition) is 1. The summed E-state index contributed by atoms with van der Waals surface area (Å²) in [4.78, 5) is 10.7. The van der Waals surface area contributed by atoms with E-state index in [9.17, 15) is 13.6 Å². The Morgan fingerprint density at radius 1 is 1.00 bits per heavy atom. The molecule has 0 unspecified atom stereocenters. The van der Waals surface area contributed by atoms with Gasteiger partial charge >= 0.3 is 5.97 Å². The van der Waals surface area contributed by atoms with Gasteiger partial charge in [-0.3, -0.25) is 0 Å². The third-order valence-electron chi connectivity index (χ3n) is 4.20. The Balaban J connectivity index is 2.02. The summed E-state index contributed by atoms with van der Waals surface area (Å²) in [5, 5.41) is 8.79. The molecule has 0 radical (unpaired) electrons. The molecule has 3 rings (SSSR count). The summed E-state index contributed by atoms with van der Waals surface area (Å²) in [6.45, 7) is 0. The number of aliphatic carboxylic acids is 1. The van der Waals surface area contributed by atoms with Crippen LogP contribution in [0.2, 0.25) is 0 Å². The van der Waals surface area contributed by atoms with Gasteiger partial charge in [-0.1, -0.05) is 30.3 Å². The molecule has 1 aliphatic rings. The lowest BCUT2D eigenvalue weighted by atomic mass is 9.85. The molecular formula is C18H14F2O2. The van der Waals surface area contributed by atoms with E-state index in [1.807, 2.05) is 0 Å². The number of carboxylic acid groups (broad SMARTS) is 1. The molecule has 4 heteroatoms. The van der Waals surface area contributed by atoms with Crippen molar-refractivity contribution in [2.75, 3.05) is 0 Å². The van der Waals surface area contributed by atoms with Crippen molar-refractivity contribution >= 4 is 5.97 Å². The van der Waals surface area contributed by atoms with Crippen LogP contribution < -0.4 is 0 Å². The first-order chi connectivity index (χ1) is 10.5. The molecule has 2 aromatic carbocycles. The highest BCUT2D eigenvalue weighted by Gasteiger charge is 2.55. The molecule has 1 atom stereocenters. The van der Waals surface area contributed by atoms with Crippen molar-refractivity contribution in [1.82, 2.24) is 0 Å². The van der Waals surface area contributed by atoms with E-state index < -0.39 is 11.4 Å². The normalized spacial score (nSPS) is 19.3. The van der Waals surface area contributed by atoms with Gasteiger partial charge in [0.2, 0.25) is 0 Å². The molecule has 0 saturated heterocycles. The molecule has 0 aliphatic heterocycles. The van der Waals surface area contributed by atoms with Crippen LogP contribution in [0.15, 0.2) is 60.7 Å². The summed E-state index contributed by atoms with van der Waals surface area (Å²) in [6.07, 6.45) is 3.49. The van der Waals surface area contributed by atoms with Crippen LogP contribution in [-0.2, 0) is 10.2 Å². The monoisotopic (exact) mass is 300 g/mol. The minimum atomic E-state index is -1.00. The highest BCUT2D eigenvalue weighted by Crippen LogP contribution is 2.59. The highest BCUT2D eigenvalue weighted by atomic mass is 19.1. The van der Waals surface area contributed by atoms with E-state index in [0.29, 0.717) is 6.42 Å². The third-order valence-corrected chi connectivity index (χ3v) is 4.20. The molecule has 22 heavy (non-hydrogen) atoms. The van der Waals surface area contributed by atoms with Crippen molar-refractivity contribution in [3.05, 3.63) is 83.4 Å². The zero-order chi connectivity index (χ0) is 15.7. The average molecular weight is 300 g/mol. The molecule has 0 heterocycles. The van der Waals surface area contributed by atoms with Crippen molar-refractivity contribution in [1.29, 1.82) is 0 Å². The zero-order valence-corrected chi connectivity index (χ0v) is 11.7. The lowest BCUT2D eigenvalue weighted by Crippen LogP contribution is -2.12. The van der Waals surface area contributed by atoms with E-state index >= 15 is 0 Å². The van der Waals surface area contributed by atoms with E-state index in [1.54, 1.807) is 30.3 Å². The number of carbonyl (C=O) groups is 1. The van der Waals surface area contributed by atoms with Crippen molar-refractivity contribution in [2.45, 2.75) is 11.8 Å². The average Bonchev–Trinajstić information content (AvgIpc) is 3.22. The van der Waals surface area contributed by atoms with Crippen LogP contribution in [0.1, 0.15) is 17.5 Å². The van der Waals surface area contributed by atoms with Crippen LogP contribution in [0, 0.1) is 17.6 Å². The largest absolute Gasteiger partial charge is 0.478 e. The zero-order valence-electron chi connectivity index (χ0n) is 11.7. The Morgan fingerprint density at radius 2 is 1.45 bits per heavy atom. The van der Waals surface area contributed by atoms with Gasteiger partial charge in [-0.25, -0.2) is 13.6 Å². The lowest BCUT2D eigenvalue weighted by molar-refractivity contribution is -0.131. The lowest BCUT2D eigenvalue weighted by Gasteiger charge is -2.18. The van der Waals surface area contributed by atoms with Crippen LogP contribution in [0.3, 0.4) is 0 Å². The number of carboxylic acids is 1. The molecule has 2 aromatic rings. The molecule has 112 valence electrons. The fourth-order valence-electron chi connectivity index (χ4n) is 3.04. The number of allylic oxidation sites excluding steroid dienone is 1. The standard InChI is InChI=1S/C18H14F2O2/c19-15-6-1-12(2-7-15)18(11-14(18)5-10-17(21)22)13-3-8-16(20)9-4-13/h1-10,14H,11H2,(H,21,22)/b10-5+/t14-/m0/s1. The van der Waals surface area contributed by atoms with Gasteiger partial charge in [-0.15, -0.1) is 0 Å². The van der Waals surface area contributed by atoms with E-state index in [-0.39, 0.29) is 17.6 Å². The summed E-state index contributed by atoms with van der Waals surface area (Å²) >= 11 is 0. The van der Waals surface area contributed by atoms with E-state index in [4.69, 9.17) is 5.11 Å². The quantitative estimate of drug-likeness (QED) is 0.869. The van der Waals surface area contributed by atoms with Gasteiger partial charge in [0.25, 0.3) is 0 Å². The Kier molecular flexibility index (Phi) is 3.53. The van der Waals surface area contributed by atoms with E-state index in [2.05, 4.69) is 0 Å². The van der Waals surface area contributed by atoms with Crippen molar-refractivity contribution < 1.29 is 18.7 Å². The summed E-state index contributed by atoms with van der Waals surface area (Å²) in [7, 11) is 0. The Labute approximate surface area is 126 Å². The highest BCUT2D eigenvalue weighted by molar-refractivity contribution is 5.80. The van der Waals surface area contributed by atoms with Gasteiger partial charge in [0, 0.05) is 11.5 Å². The molecule has 1 aliphatic carbocycles. The summed E-state index contributed by atoms with van der Waals surface area (Å²) < 4.78 is 26.3. The first kappa shape index (κ1) is 14.4. The number of benzene rings is 2. The molecular weight excluding hydrogens is 286 g/mol. The van der Waals surface area contributed by atoms with Crippen LogP contribution in [0.4, 0.5) is 8.78 Å². The molecule has 1 N–H and O–H groups in total. The van der Waals surface area contributed by atoms with E-state index in [1.165, 1.54) is 24.3 Å². The van der Waals surface area contributed by atoms with Crippen LogP contribution >= 0.6 is 0 Å². The maximum Gasteiger partial charge on any atom is 0.327 e. The maximum absolute atomic E-state index is 13.2. The Morgan fingerprint density at radius 3 is 1.86 bits per heavy atom. The fraction of sp³-hybridized carbons (Fsp3) is 0.167. The second-order valence-electron chi connectivity index (χ2n) is 5.49. The second kappa shape index (κ2) is 5.37. The van der Waals surface area contributed by atoms with Crippen molar-refractivity contribution in [3.8, 4) is 0 Å². The number of hydrogen-bond donors (Lipinski definition) is 1. The maximum atomic E-state index is 13.2. The van der Waals surface area contributed by atoms with Gasteiger partial charge in [0.15, 0.2) is 0 Å². The van der Waals surface area contributed by atoms with Gasteiger partial charge in [0.1, 0.15) is 11.6 Å². The minimum Gasteiger partial charge on any atom is -0.478 e. The number of halogens is 2. The first-order valence-corrected chi connectivity index (χ1v) is 6.95. The second-order valence-corrected chi connectivity index (χ2v) is 5.49. The van der Waals surface area contributed by atoms with Crippen LogP contribution in [-0.4, -0.2) is 11.1 Å². The molecule has 1 saturated carbocycles. The SMILES string of the molecule is O=C(O)/C=C/[C@H]1CC1(c1ccc(F)cc1)c1ccc(F)cc1. The molecule has 0 bridgehead atoms. The predicted molar refractivity (Wildman–Crippen MR) is 78.5 cm³/mol. The summed E-state index contributed by atoms with van der Waals surface area (Å²) in [5.74, 6) is -1.65. The summed E-state index contributed by atoms with van der Waals surface area (Å²) in [5.41, 5.74) is 1.40. The molecule has 0 aromatic heterocycles. The van der Waals surface area contributed by atoms with Gasteiger partial charge in [0.05, 0.1) is 0 Å². The molecule has 0 amide bonds. The van der Waals surface area contributed by atoms with Crippen LogP contribution in [0.5, 0.6) is 0 Å². The molecule has 1 fully saturated rings. The van der Waals surface area contributed by atoms with Gasteiger partial charge in [-0.2, -0.15) is 0 Å². The van der Waals surface area contributed by atoms with Gasteiger partial charge in [-0.05, 0) is 47.7 Å². The smallest absolute Gasteiger partial charge is 0.327 e. The fourth-order valence-corrected chi connectivity index (χ4v) is 3.04. The third kappa shape index (κ3) is 2.52. The molecule has 2 nitrogen and oxygen atoms in total. The predicted octanol–water partition coefficient (Wildman–Crippen LogP) is 3.91. The minimum absolute atomic E-state index is 0.000442. The van der Waals surface area contributed by atoms with Crippen molar-refractivity contribution in [2.24, 2.45) is 5.92 Å². The number of rotatable bonds is 4. The first-order valence-electron chi connectivity index (χ1n) is 6.95. The Hall–Kier alpha value is -2.49. The Bertz CT molecular complexity index is 672. The van der Waals surface area contributed by atoms with Crippen molar-refractivity contribution in [3.63, 3.8) is 0 Å². The topological polar surface area (TPSA) is 37.3 Å². The molecule has 0 spiro atoms. The summed E-state index contributed by atoms with van der Waals surface area (Å²) in [6, 6.07) is 12.3. The van der Waals surface area contributed by atoms with E-state index in [0.717, 1.165) is 17.2 Å². The van der Waals surface area contributed by atoms with Crippen LogP contribution in [0.25, 0.3) is 0 Å². The van der Waals surface area contributed by atoms with Gasteiger partial charge < -0.3 is 5.11 Å².